The Kier molecular flexibility index (Phi) is 4.61. The number of Topliss-reactive ketones (excluding diaryl/α,β-unsaturated/α-hetero) is 1. The number of carbonyl (C=O) groups is 1. The van der Waals surface area contributed by atoms with E-state index in [4.69, 9.17) is 0 Å². The van der Waals surface area contributed by atoms with Gasteiger partial charge < -0.3 is 4.79 Å². The zero-order chi connectivity index (χ0) is 14.5. The predicted octanol–water partition coefficient (Wildman–Crippen LogP) is 3.54. The highest BCUT2D eigenvalue weighted by Gasteiger charge is 2.06. The monoisotopic (exact) mass is 268 g/mol. The zero-order valence-corrected chi connectivity index (χ0v) is 12.3. The molecule has 2 rings (SSSR count). The maximum Gasteiger partial charge on any atom is 0.130 e. The first kappa shape index (κ1) is 14.4. The van der Waals surface area contributed by atoms with Gasteiger partial charge in [0.1, 0.15) is 11.6 Å². The highest BCUT2D eigenvalue weighted by atomic mass is 16.1. The first-order valence-corrected chi connectivity index (χ1v) is 7.02. The molecule has 1 aromatic heterocycles. The zero-order valence-electron chi connectivity index (χ0n) is 12.3. The molecule has 0 amide bonds. The van der Waals surface area contributed by atoms with Crippen LogP contribution in [-0.4, -0.2) is 15.8 Å². The van der Waals surface area contributed by atoms with Crippen LogP contribution in [0.25, 0.3) is 11.3 Å². The van der Waals surface area contributed by atoms with E-state index < -0.39 is 0 Å². The summed E-state index contributed by atoms with van der Waals surface area (Å²) in [4.78, 5) is 20.0. The van der Waals surface area contributed by atoms with Gasteiger partial charge in [0.15, 0.2) is 0 Å². The number of hydrogen-bond donors (Lipinski definition) is 0. The molecule has 0 saturated carbocycles. The third-order valence-corrected chi connectivity index (χ3v) is 3.26. The Morgan fingerprint density at radius 2 is 1.85 bits per heavy atom. The average molecular weight is 268 g/mol. The molecule has 0 aliphatic heterocycles. The number of aryl methyl sites for hydroxylation is 3. The van der Waals surface area contributed by atoms with Crippen LogP contribution in [0.4, 0.5) is 0 Å². The van der Waals surface area contributed by atoms with Crippen LogP contribution in [0.2, 0.25) is 0 Å². The number of ketones is 1. The Morgan fingerprint density at radius 3 is 2.45 bits per heavy atom. The number of benzene rings is 1. The van der Waals surface area contributed by atoms with Gasteiger partial charge in [0, 0.05) is 24.1 Å². The van der Waals surface area contributed by atoms with Crippen LogP contribution in [0.15, 0.2) is 30.3 Å². The fraction of sp³-hybridized carbons (Fsp3) is 0.353. The second-order valence-corrected chi connectivity index (χ2v) is 5.06. The summed E-state index contributed by atoms with van der Waals surface area (Å²) in [5.74, 6) is 0.915. The van der Waals surface area contributed by atoms with Crippen LogP contribution in [0.3, 0.4) is 0 Å². The van der Waals surface area contributed by atoms with Crippen LogP contribution < -0.4 is 0 Å². The number of rotatable bonds is 5. The van der Waals surface area contributed by atoms with Gasteiger partial charge in [-0.25, -0.2) is 9.97 Å². The SMILES string of the molecule is CCc1ccc(-c2cc(C)nc(CCC(C)=O)n2)cc1. The van der Waals surface area contributed by atoms with Crippen molar-refractivity contribution in [1.29, 1.82) is 0 Å². The van der Waals surface area contributed by atoms with Gasteiger partial charge in [-0.3, -0.25) is 0 Å². The summed E-state index contributed by atoms with van der Waals surface area (Å²) in [6, 6.07) is 10.4. The Balaban J connectivity index is 2.28. The van der Waals surface area contributed by atoms with Crippen molar-refractivity contribution in [2.45, 2.75) is 40.0 Å². The van der Waals surface area contributed by atoms with Gasteiger partial charge in [0.05, 0.1) is 5.69 Å². The Hall–Kier alpha value is -2.03. The maximum absolute atomic E-state index is 11.1. The summed E-state index contributed by atoms with van der Waals surface area (Å²) >= 11 is 0. The summed E-state index contributed by atoms with van der Waals surface area (Å²) < 4.78 is 0. The van der Waals surface area contributed by atoms with Crippen molar-refractivity contribution in [3.8, 4) is 11.3 Å². The van der Waals surface area contributed by atoms with Crippen LogP contribution >= 0.6 is 0 Å². The van der Waals surface area contributed by atoms with Crippen molar-refractivity contribution in [1.82, 2.24) is 9.97 Å². The van der Waals surface area contributed by atoms with E-state index in [0.29, 0.717) is 12.8 Å². The summed E-state index contributed by atoms with van der Waals surface area (Å²) in [7, 11) is 0. The molecule has 0 N–H and O–H groups in total. The fourth-order valence-electron chi connectivity index (χ4n) is 2.09. The molecule has 1 heterocycles. The lowest BCUT2D eigenvalue weighted by molar-refractivity contribution is -0.117. The lowest BCUT2D eigenvalue weighted by Gasteiger charge is -2.06. The molecular formula is C17H20N2O. The van der Waals surface area contributed by atoms with Gasteiger partial charge in [-0.05, 0) is 31.9 Å². The molecule has 0 spiro atoms. The largest absolute Gasteiger partial charge is 0.300 e. The van der Waals surface area contributed by atoms with Gasteiger partial charge in [-0.15, -0.1) is 0 Å². The van der Waals surface area contributed by atoms with Gasteiger partial charge in [-0.2, -0.15) is 0 Å². The predicted molar refractivity (Wildman–Crippen MR) is 80.6 cm³/mol. The highest BCUT2D eigenvalue weighted by molar-refractivity contribution is 5.75. The summed E-state index contributed by atoms with van der Waals surface area (Å²) in [6.07, 6.45) is 2.14. The first-order chi connectivity index (χ1) is 9.58. The number of carbonyl (C=O) groups excluding carboxylic acids is 1. The molecule has 0 unspecified atom stereocenters. The smallest absolute Gasteiger partial charge is 0.130 e. The molecule has 0 atom stereocenters. The standard InChI is InChI=1S/C17H20N2O/c1-4-14-6-8-15(9-7-14)16-11-12(2)18-17(19-16)10-5-13(3)20/h6-9,11H,4-5,10H2,1-3H3. The Morgan fingerprint density at radius 1 is 1.15 bits per heavy atom. The molecule has 3 nitrogen and oxygen atoms in total. The van der Waals surface area contributed by atoms with Crippen LogP contribution in [0.1, 0.15) is 37.4 Å². The second-order valence-electron chi connectivity index (χ2n) is 5.06. The molecule has 0 aliphatic carbocycles. The minimum Gasteiger partial charge on any atom is -0.300 e. The van der Waals surface area contributed by atoms with Gasteiger partial charge >= 0.3 is 0 Å². The quantitative estimate of drug-likeness (QED) is 0.833. The van der Waals surface area contributed by atoms with E-state index in [2.05, 4.69) is 41.2 Å². The molecule has 0 aliphatic rings. The molecule has 1 aromatic carbocycles. The highest BCUT2D eigenvalue weighted by Crippen LogP contribution is 2.19. The first-order valence-electron chi connectivity index (χ1n) is 7.02. The van der Waals surface area contributed by atoms with Crippen molar-refractivity contribution in [2.75, 3.05) is 0 Å². The van der Waals surface area contributed by atoms with Crippen molar-refractivity contribution < 1.29 is 4.79 Å². The number of nitrogens with zero attached hydrogens (tertiary/aromatic N) is 2. The average Bonchev–Trinajstić information content (AvgIpc) is 2.44. The molecule has 0 bridgehead atoms. The van der Waals surface area contributed by atoms with E-state index >= 15 is 0 Å². The maximum atomic E-state index is 11.1. The lowest BCUT2D eigenvalue weighted by atomic mass is 10.1. The molecule has 0 radical (unpaired) electrons. The second kappa shape index (κ2) is 6.42. The molecule has 2 aromatic rings. The molecule has 0 saturated heterocycles. The van der Waals surface area contributed by atoms with E-state index in [1.54, 1.807) is 6.92 Å². The van der Waals surface area contributed by atoms with Crippen LogP contribution in [0.5, 0.6) is 0 Å². The summed E-state index contributed by atoms with van der Waals surface area (Å²) in [5, 5.41) is 0. The van der Waals surface area contributed by atoms with Gasteiger partial charge in [-0.1, -0.05) is 31.2 Å². The third-order valence-electron chi connectivity index (χ3n) is 3.26. The number of aromatic nitrogens is 2. The minimum absolute atomic E-state index is 0.170. The van der Waals surface area contributed by atoms with E-state index in [1.165, 1.54) is 5.56 Å². The van der Waals surface area contributed by atoms with Crippen LogP contribution in [-0.2, 0) is 17.6 Å². The van der Waals surface area contributed by atoms with E-state index in [1.807, 2.05) is 13.0 Å². The van der Waals surface area contributed by atoms with Gasteiger partial charge in [0.2, 0.25) is 0 Å². The van der Waals surface area contributed by atoms with Crippen molar-refractivity contribution in [3.05, 3.63) is 47.4 Å². The molecule has 20 heavy (non-hydrogen) atoms. The van der Waals surface area contributed by atoms with E-state index in [0.717, 1.165) is 29.2 Å². The normalized spacial score (nSPS) is 10.6. The Labute approximate surface area is 120 Å². The topological polar surface area (TPSA) is 42.9 Å². The fourth-order valence-corrected chi connectivity index (χ4v) is 2.09. The Bertz CT molecular complexity index is 603. The summed E-state index contributed by atoms with van der Waals surface area (Å²) in [5.41, 5.74) is 4.28. The van der Waals surface area contributed by atoms with Crippen molar-refractivity contribution in [3.63, 3.8) is 0 Å². The molecule has 104 valence electrons. The van der Waals surface area contributed by atoms with E-state index in [-0.39, 0.29) is 5.78 Å². The molecular weight excluding hydrogens is 248 g/mol. The van der Waals surface area contributed by atoms with Crippen molar-refractivity contribution >= 4 is 5.78 Å². The number of hydrogen-bond acceptors (Lipinski definition) is 3. The van der Waals surface area contributed by atoms with E-state index in [9.17, 15) is 4.79 Å². The molecule has 3 heteroatoms. The lowest BCUT2D eigenvalue weighted by Crippen LogP contribution is -2.02. The summed E-state index contributed by atoms with van der Waals surface area (Å²) in [6.45, 7) is 5.70. The van der Waals surface area contributed by atoms with Gasteiger partial charge in [0.25, 0.3) is 0 Å². The van der Waals surface area contributed by atoms with Crippen molar-refractivity contribution in [2.24, 2.45) is 0 Å². The molecule has 0 fully saturated rings. The minimum atomic E-state index is 0.170. The van der Waals surface area contributed by atoms with Crippen LogP contribution in [0, 0.1) is 6.92 Å². The third kappa shape index (κ3) is 3.73.